The molecule has 27 heavy (non-hydrogen) atoms. The maximum absolute atomic E-state index is 12.5. The van der Waals surface area contributed by atoms with Crippen LogP contribution in [0.15, 0.2) is 22.7 Å². The van der Waals surface area contributed by atoms with Crippen molar-refractivity contribution in [3.8, 4) is 5.75 Å². The fourth-order valence-corrected chi connectivity index (χ4v) is 3.38. The molecule has 5 nitrogen and oxygen atoms in total. The number of carbonyl (C=O) groups excluding carboxylic acids is 1. The van der Waals surface area contributed by atoms with Gasteiger partial charge in [0.15, 0.2) is 0 Å². The van der Waals surface area contributed by atoms with E-state index in [0.29, 0.717) is 31.9 Å². The first-order chi connectivity index (χ1) is 12.5. The molecule has 1 atom stereocenters. The van der Waals surface area contributed by atoms with Crippen molar-refractivity contribution in [1.82, 2.24) is 9.80 Å². The SMILES string of the molecule is CC1CN(Cc2cc(Br)ccc2OCC(F)F)CCN1C(=O)OC(C)(C)C. The molecule has 1 heterocycles. The summed E-state index contributed by atoms with van der Waals surface area (Å²) in [6.07, 6.45) is -2.82. The lowest BCUT2D eigenvalue weighted by Crippen LogP contribution is -2.54. The maximum Gasteiger partial charge on any atom is 0.410 e. The third-order valence-corrected chi connectivity index (χ3v) is 4.61. The molecular formula is C19H27BrF2N2O3. The average molecular weight is 449 g/mol. The van der Waals surface area contributed by atoms with Crippen molar-refractivity contribution in [2.45, 2.75) is 52.3 Å². The van der Waals surface area contributed by atoms with E-state index in [2.05, 4.69) is 20.8 Å². The highest BCUT2D eigenvalue weighted by molar-refractivity contribution is 9.10. The Hall–Kier alpha value is -1.41. The largest absolute Gasteiger partial charge is 0.487 e. The minimum absolute atomic E-state index is 0.00816. The van der Waals surface area contributed by atoms with Crippen LogP contribution in [0.1, 0.15) is 33.3 Å². The van der Waals surface area contributed by atoms with Gasteiger partial charge in [-0.15, -0.1) is 0 Å². The minimum Gasteiger partial charge on any atom is -0.487 e. The molecule has 1 unspecified atom stereocenters. The quantitative estimate of drug-likeness (QED) is 0.663. The van der Waals surface area contributed by atoms with E-state index >= 15 is 0 Å². The third kappa shape index (κ3) is 6.92. The fourth-order valence-electron chi connectivity index (χ4n) is 2.97. The monoisotopic (exact) mass is 448 g/mol. The summed E-state index contributed by atoms with van der Waals surface area (Å²) in [4.78, 5) is 16.2. The number of halogens is 3. The lowest BCUT2D eigenvalue weighted by molar-refractivity contribution is 0.000428. The Balaban J connectivity index is 2.00. The van der Waals surface area contributed by atoms with Gasteiger partial charge in [0.1, 0.15) is 18.0 Å². The first-order valence-electron chi connectivity index (χ1n) is 8.96. The summed E-state index contributed by atoms with van der Waals surface area (Å²) in [6, 6.07) is 5.34. The smallest absolute Gasteiger partial charge is 0.410 e. The van der Waals surface area contributed by atoms with Crippen molar-refractivity contribution in [3.05, 3.63) is 28.2 Å². The second-order valence-electron chi connectivity index (χ2n) is 7.71. The number of alkyl halides is 2. The van der Waals surface area contributed by atoms with E-state index in [4.69, 9.17) is 9.47 Å². The topological polar surface area (TPSA) is 42.0 Å². The van der Waals surface area contributed by atoms with Crippen molar-refractivity contribution in [3.63, 3.8) is 0 Å². The molecule has 8 heteroatoms. The summed E-state index contributed by atoms with van der Waals surface area (Å²) < 4.78 is 36.5. The van der Waals surface area contributed by atoms with Gasteiger partial charge in [0.25, 0.3) is 6.43 Å². The molecule has 1 amide bonds. The highest BCUT2D eigenvalue weighted by atomic mass is 79.9. The van der Waals surface area contributed by atoms with Crippen molar-refractivity contribution >= 4 is 22.0 Å². The van der Waals surface area contributed by atoms with Crippen LogP contribution in [-0.4, -0.2) is 60.2 Å². The van der Waals surface area contributed by atoms with Gasteiger partial charge in [0.05, 0.1) is 0 Å². The highest BCUT2D eigenvalue weighted by Gasteiger charge is 2.31. The van der Waals surface area contributed by atoms with Gasteiger partial charge in [-0.2, -0.15) is 0 Å². The standard InChI is InChI=1S/C19H27BrF2N2O3/c1-13-10-23(7-8-24(13)18(25)27-19(2,3)4)11-14-9-15(20)5-6-16(14)26-12-17(21)22/h5-6,9,13,17H,7-8,10-12H2,1-4H3. The normalized spacial score (nSPS) is 18.7. The van der Waals surface area contributed by atoms with Crippen LogP contribution < -0.4 is 4.74 Å². The Kier molecular flexibility index (Phi) is 7.45. The summed E-state index contributed by atoms with van der Waals surface area (Å²) in [5, 5.41) is 0. The summed E-state index contributed by atoms with van der Waals surface area (Å²) in [6.45, 7) is 9.34. The predicted octanol–water partition coefficient (Wildman–Crippen LogP) is 4.53. The summed E-state index contributed by atoms with van der Waals surface area (Å²) in [5.74, 6) is 0.459. The number of carbonyl (C=O) groups is 1. The molecule has 0 N–H and O–H groups in total. The molecule has 152 valence electrons. The predicted molar refractivity (Wildman–Crippen MR) is 103 cm³/mol. The van der Waals surface area contributed by atoms with E-state index in [1.807, 2.05) is 33.8 Å². The van der Waals surface area contributed by atoms with E-state index in [-0.39, 0.29) is 12.1 Å². The number of benzene rings is 1. The van der Waals surface area contributed by atoms with Gasteiger partial charge in [0, 0.05) is 42.3 Å². The van der Waals surface area contributed by atoms with Crippen molar-refractivity contribution < 1.29 is 23.0 Å². The van der Waals surface area contributed by atoms with Gasteiger partial charge in [-0.05, 0) is 45.9 Å². The van der Waals surface area contributed by atoms with Gasteiger partial charge in [-0.1, -0.05) is 15.9 Å². The molecule has 1 aliphatic heterocycles. The molecular weight excluding hydrogens is 422 g/mol. The lowest BCUT2D eigenvalue weighted by Gasteiger charge is -2.40. The number of nitrogens with zero attached hydrogens (tertiary/aromatic N) is 2. The molecule has 0 aliphatic carbocycles. The van der Waals surface area contributed by atoms with Crippen LogP contribution >= 0.6 is 15.9 Å². The Labute approximate surface area is 167 Å². The molecule has 2 rings (SSSR count). The number of rotatable bonds is 5. The Morgan fingerprint density at radius 2 is 2.04 bits per heavy atom. The first kappa shape index (κ1) is 21.9. The molecule has 0 aromatic heterocycles. The minimum atomic E-state index is -2.51. The number of hydrogen-bond acceptors (Lipinski definition) is 4. The molecule has 1 aromatic rings. The lowest BCUT2D eigenvalue weighted by atomic mass is 10.1. The molecule has 1 aliphatic rings. The van der Waals surface area contributed by atoms with Gasteiger partial charge in [-0.25, -0.2) is 13.6 Å². The maximum atomic E-state index is 12.5. The zero-order chi connectivity index (χ0) is 20.2. The molecule has 1 fully saturated rings. The van der Waals surface area contributed by atoms with E-state index < -0.39 is 18.6 Å². The summed E-state index contributed by atoms with van der Waals surface area (Å²) >= 11 is 3.42. The van der Waals surface area contributed by atoms with E-state index in [1.54, 1.807) is 17.0 Å². The third-order valence-electron chi connectivity index (χ3n) is 4.12. The summed E-state index contributed by atoms with van der Waals surface area (Å²) in [7, 11) is 0. The van der Waals surface area contributed by atoms with Crippen molar-refractivity contribution in [2.75, 3.05) is 26.2 Å². The van der Waals surface area contributed by atoms with Crippen LogP contribution in [0.4, 0.5) is 13.6 Å². The van der Waals surface area contributed by atoms with Crippen LogP contribution in [0.3, 0.4) is 0 Å². The van der Waals surface area contributed by atoms with Crippen LogP contribution in [0.5, 0.6) is 5.75 Å². The van der Waals surface area contributed by atoms with Crippen LogP contribution in [0.2, 0.25) is 0 Å². The van der Waals surface area contributed by atoms with Gasteiger partial charge in [-0.3, -0.25) is 4.90 Å². The van der Waals surface area contributed by atoms with Gasteiger partial charge < -0.3 is 14.4 Å². The number of amides is 1. The van der Waals surface area contributed by atoms with Crippen LogP contribution in [0, 0.1) is 0 Å². The molecule has 1 aromatic carbocycles. The van der Waals surface area contributed by atoms with Crippen LogP contribution in [-0.2, 0) is 11.3 Å². The highest BCUT2D eigenvalue weighted by Crippen LogP contribution is 2.26. The fraction of sp³-hybridized carbons (Fsp3) is 0.632. The zero-order valence-electron chi connectivity index (χ0n) is 16.2. The number of ether oxygens (including phenoxy) is 2. The first-order valence-corrected chi connectivity index (χ1v) is 9.76. The van der Waals surface area contributed by atoms with Crippen molar-refractivity contribution in [1.29, 1.82) is 0 Å². The average Bonchev–Trinajstić information content (AvgIpc) is 2.52. The van der Waals surface area contributed by atoms with Crippen LogP contribution in [0.25, 0.3) is 0 Å². The van der Waals surface area contributed by atoms with E-state index in [9.17, 15) is 13.6 Å². The van der Waals surface area contributed by atoms with Gasteiger partial charge >= 0.3 is 6.09 Å². The van der Waals surface area contributed by atoms with E-state index in [1.165, 1.54) is 0 Å². The Morgan fingerprint density at radius 3 is 2.63 bits per heavy atom. The Morgan fingerprint density at radius 1 is 1.33 bits per heavy atom. The summed E-state index contributed by atoms with van der Waals surface area (Å²) in [5.41, 5.74) is 0.309. The van der Waals surface area contributed by atoms with E-state index in [0.717, 1.165) is 10.0 Å². The molecule has 0 saturated carbocycles. The van der Waals surface area contributed by atoms with Gasteiger partial charge in [0.2, 0.25) is 0 Å². The molecule has 0 bridgehead atoms. The number of piperazine rings is 1. The molecule has 0 radical (unpaired) electrons. The zero-order valence-corrected chi connectivity index (χ0v) is 17.8. The molecule has 0 spiro atoms. The second-order valence-corrected chi connectivity index (χ2v) is 8.63. The molecule has 1 saturated heterocycles. The Bertz CT molecular complexity index is 652. The second kappa shape index (κ2) is 9.19. The number of hydrogen-bond donors (Lipinski definition) is 0. The van der Waals surface area contributed by atoms with Crippen molar-refractivity contribution in [2.24, 2.45) is 0 Å².